The van der Waals surface area contributed by atoms with E-state index < -0.39 is 11.6 Å². The third-order valence-corrected chi connectivity index (χ3v) is 3.74. The first kappa shape index (κ1) is 14.0. The molecule has 0 aliphatic carbocycles. The zero-order chi connectivity index (χ0) is 13.8. The second-order valence-electron chi connectivity index (χ2n) is 4.03. The fourth-order valence-corrected chi connectivity index (χ4v) is 2.46. The molecule has 4 heteroatoms. The molecular weight excluding hydrogens is 314 g/mol. The Morgan fingerprint density at radius 1 is 1.11 bits per heavy atom. The van der Waals surface area contributed by atoms with Gasteiger partial charge < -0.3 is 4.74 Å². The quantitative estimate of drug-likeness (QED) is 0.730. The van der Waals surface area contributed by atoms with Gasteiger partial charge in [-0.1, -0.05) is 34.1 Å². The van der Waals surface area contributed by atoms with Gasteiger partial charge in [0.05, 0.1) is 11.4 Å². The molecule has 1 nitrogen and oxygen atoms in total. The zero-order valence-electron chi connectivity index (χ0n) is 10.4. The summed E-state index contributed by atoms with van der Waals surface area (Å²) < 4.78 is 31.9. The molecule has 0 N–H and O–H groups in total. The van der Waals surface area contributed by atoms with Gasteiger partial charge in [-0.25, -0.2) is 8.78 Å². The molecule has 100 valence electrons. The van der Waals surface area contributed by atoms with E-state index in [1.807, 2.05) is 31.2 Å². The van der Waals surface area contributed by atoms with Crippen LogP contribution in [0, 0.1) is 11.6 Å². The number of halogens is 3. The van der Waals surface area contributed by atoms with Gasteiger partial charge in [-0.15, -0.1) is 0 Å². The molecule has 0 amide bonds. The van der Waals surface area contributed by atoms with Crippen molar-refractivity contribution in [2.75, 3.05) is 6.61 Å². The fourth-order valence-electron chi connectivity index (χ4n) is 1.79. The maximum atomic E-state index is 13.7. The molecule has 2 aromatic rings. The van der Waals surface area contributed by atoms with Crippen molar-refractivity contribution in [1.29, 1.82) is 0 Å². The summed E-state index contributed by atoms with van der Waals surface area (Å²) in [6, 6.07) is 10.9. The highest BCUT2D eigenvalue weighted by Crippen LogP contribution is 2.33. The van der Waals surface area contributed by atoms with Crippen molar-refractivity contribution in [3.63, 3.8) is 0 Å². The van der Waals surface area contributed by atoms with Gasteiger partial charge >= 0.3 is 0 Å². The summed E-state index contributed by atoms with van der Waals surface area (Å²) in [5.74, 6) is -0.367. The molecule has 0 aromatic heterocycles. The Labute approximate surface area is 119 Å². The Kier molecular flexibility index (Phi) is 4.53. The van der Waals surface area contributed by atoms with Crippen LogP contribution in [-0.4, -0.2) is 6.61 Å². The SMILES string of the molecule is CCOc1ccc(C(Br)c2ccc(F)cc2F)cc1. The van der Waals surface area contributed by atoms with E-state index in [2.05, 4.69) is 15.9 Å². The zero-order valence-corrected chi connectivity index (χ0v) is 12.0. The number of alkyl halides is 1. The van der Waals surface area contributed by atoms with Crippen LogP contribution in [0.5, 0.6) is 5.75 Å². The Morgan fingerprint density at radius 2 is 1.79 bits per heavy atom. The van der Waals surface area contributed by atoms with E-state index in [1.165, 1.54) is 12.1 Å². The van der Waals surface area contributed by atoms with Crippen LogP contribution in [0.3, 0.4) is 0 Å². The Morgan fingerprint density at radius 3 is 2.37 bits per heavy atom. The molecule has 0 aliphatic rings. The summed E-state index contributed by atoms with van der Waals surface area (Å²) in [4.78, 5) is -0.316. The highest BCUT2D eigenvalue weighted by Gasteiger charge is 2.15. The average Bonchev–Trinajstić information content (AvgIpc) is 2.39. The number of hydrogen-bond donors (Lipinski definition) is 0. The van der Waals surface area contributed by atoms with Gasteiger partial charge in [0.2, 0.25) is 0 Å². The van der Waals surface area contributed by atoms with Crippen LogP contribution in [0.1, 0.15) is 22.9 Å². The predicted molar refractivity (Wildman–Crippen MR) is 74.7 cm³/mol. The van der Waals surface area contributed by atoms with Gasteiger partial charge in [-0.05, 0) is 30.7 Å². The second kappa shape index (κ2) is 6.15. The van der Waals surface area contributed by atoms with Gasteiger partial charge in [0, 0.05) is 11.6 Å². The smallest absolute Gasteiger partial charge is 0.130 e. The lowest BCUT2D eigenvalue weighted by atomic mass is 10.0. The summed E-state index contributed by atoms with van der Waals surface area (Å²) in [6.07, 6.45) is 0. The van der Waals surface area contributed by atoms with Crippen LogP contribution < -0.4 is 4.74 Å². The molecule has 19 heavy (non-hydrogen) atoms. The first-order valence-corrected chi connectivity index (χ1v) is 6.85. The minimum absolute atomic E-state index is 0.316. The van der Waals surface area contributed by atoms with Gasteiger partial charge in [0.25, 0.3) is 0 Å². The van der Waals surface area contributed by atoms with Crippen molar-refractivity contribution < 1.29 is 13.5 Å². The van der Waals surface area contributed by atoms with Crippen molar-refractivity contribution in [2.24, 2.45) is 0 Å². The normalized spacial score (nSPS) is 12.2. The van der Waals surface area contributed by atoms with E-state index in [-0.39, 0.29) is 4.83 Å². The van der Waals surface area contributed by atoms with Crippen LogP contribution in [0.2, 0.25) is 0 Å². The van der Waals surface area contributed by atoms with Crippen molar-refractivity contribution in [3.8, 4) is 5.75 Å². The summed E-state index contributed by atoms with van der Waals surface area (Å²) in [5.41, 5.74) is 1.29. The van der Waals surface area contributed by atoms with Crippen LogP contribution in [0.15, 0.2) is 42.5 Å². The summed E-state index contributed by atoms with van der Waals surface area (Å²) >= 11 is 3.43. The van der Waals surface area contributed by atoms with E-state index >= 15 is 0 Å². The molecule has 2 rings (SSSR count). The molecule has 0 radical (unpaired) electrons. The maximum absolute atomic E-state index is 13.7. The Hall–Kier alpha value is -1.42. The molecular formula is C15H13BrF2O. The van der Waals surface area contributed by atoms with E-state index in [1.54, 1.807) is 0 Å². The van der Waals surface area contributed by atoms with E-state index in [0.717, 1.165) is 17.4 Å². The number of benzene rings is 2. The molecule has 1 unspecified atom stereocenters. The largest absolute Gasteiger partial charge is 0.494 e. The van der Waals surface area contributed by atoms with Crippen LogP contribution >= 0.6 is 15.9 Å². The molecule has 0 heterocycles. The molecule has 0 bridgehead atoms. The topological polar surface area (TPSA) is 9.23 Å². The highest BCUT2D eigenvalue weighted by atomic mass is 79.9. The van der Waals surface area contributed by atoms with Crippen molar-refractivity contribution in [2.45, 2.75) is 11.8 Å². The fraction of sp³-hybridized carbons (Fsp3) is 0.200. The van der Waals surface area contributed by atoms with Crippen molar-refractivity contribution >= 4 is 15.9 Å². The number of ether oxygens (including phenoxy) is 1. The molecule has 0 spiro atoms. The summed E-state index contributed by atoms with van der Waals surface area (Å²) in [7, 11) is 0. The molecule has 0 aliphatic heterocycles. The first-order valence-electron chi connectivity index (χ1n) is 5.93. The molecule has 0 saturated carbocycles. The highest BCUT2D eigenvalue weighted by molar-refractivity contribution is 9.09. The molecule has 0 saturated heterocycles. The number of hydrogen-bond acceptors (Lipinski definition) is 1. The van der Waals surface area contributed by atoms with Gasteiger partial charge in [-0.2, -0.15) is 0 Å². The maximum Gasteiger partial charge on any atom is 0.130 e. The molecule has 2 aromatic carbocycles. The standard InChI is InChI=1S/C15H13BrF2O/c1-2-19-12-6-3-10(4-7-12)15(16)13-8-5-11(17)9-14(13)18/h3-9,15H,2H2,1H3. The van der Waals surface area contributed by atoms with Crippen molar-refractivity contribution in [3.05, 3.63) is 65.2 Å². The first-order chi connectivity index (χ1) is 9.11. The van der Waals surface area contributed by atoms with Crippen LogP contribution in [0.25, 0.3) is 0 Å². The second-order valence-corrected chi connectivity index (χ2v) is 4.95. The molecule has 1 atom stereocenters. The third kappa shape index (κ3) is 3.32. The van der Waals surface area contributed by atoms with Gasteiger partial charge in [0.15, 0.2) is 0 Å². The van der Waals surface area contributed by atoms with Crippen molar-refractivity contribution in [1.82, 2.24) is 0 Å². The lowest BCUT2D eigenvalue weighted by molar-refractivity contribution is 0.340. The predicted octanol–water partition coefficient (Wildman–Crippen LogP) is 4.85. The third-order valence-electron chi connectivity index (χ3n) is 2.72. The minimum atomic E-state index is -0.576. The van der Waals surface area contributed by atoms with Gasteiger partial charge in [-0.3, -0.25) is 0 Å². The number of rotatable bonds is 4. The van der Waals surface area contributed by atoms with E-state index in [0.29, 0.717) is 12.2 Å². The van der Waals surface area contributed by atoms with E-state index in [4.69, 9.17) is 4.74 Å². The Balaban J connectivity index is 2.25. The van der Waals surface area contributed by atoms with Crippen LogP contribution in [0.4, 0.5) is 8.78 Å². The Bertz CT molecular complexity index is 555. The lowest BCUT2D eigenvalue weighted by Crippen LogP contribution is -1.98. The van der Waals surface area contributed by atoms with Gasteiger partial charge in [0.1, 0.15) is 17.4 Å². The lowest BCUT2D eigenvalue weighted by Gasteiger charge is -2.12. The summed E-state index contributed by atoms with van der Waals surface area (Å²) in [5, 5.41) is 0. The minimum Gasteiger partial charge on any atom is -0.494 e. The molecule has 0 fully saturated rings. The van der Waals surface area contributed by atoms with E-state index in [9.17, 15) is 8.78 Å². The summed E-state index contributed by atoms with van der Waals surface area (Å²) in [6.45, 7) is 2.51. The van der Waals surface area contributed by atoms with Crippen LogP contribution in [-0.2, 0) is 0 Å². The monoisotopic (exact) mass is 326 g/mol. The average molecular weight is 327 g/mol.